The highest BCUT2D eigenvalue weighted by molar-refractivity contribution is 8.00. The van der Waals surface area contributed by atoms with E-state index in [1.54, 1.807) is 12.1 Å². The Kier molecular flexibility index (Phi) is 3.95. The largest absolute Gasteiger partial charge is 0.446 e. The van der Waals surface area contributed by atoms with Crippen LogP contribution in [0.4, 0.5) is 13.2 Å². The van der Waals surface area contributed by atoms with E-state index in [0.29, 0.717) is 0 Å². The molecule has 0 amide bonds. The lowest BCUT2D eigenvalue weighted by Gasteiger charge is -2.12. The van der Waals surface area contributed by atoms with Gasteiger partial charge in [-0.3, -0.25) is 0 Å². The van der Waals surface area contributed by atoms with Crippen molar-refractivity contribution in [1.82, 2.24) is 0 Å². The number of halogens is 4. The van der Waals surface area contributed by atoms with Gasteiger partial charge < -0.3 is 0 Å². The highest BCUT2D eigenvalue weighted by atomic mass is 35.5. The summed E-state index contributed by atoms with van der Waals surface area (Å²) in [5.74, 6) is 0.117. The summed E-state index contributed by atoms with van der Waals surface area (Å²) in [6.07, 6.45) is 0. The van der Waals surface area contributed by atoms with Crippen molar-refractivity contribution in [1.29, 1.82) is 0 Å². The van der Waals surface area contributed by atoms with Crippen molar-refractivity contribution in [3.05, 3.63) is 28.8 Å². The van der Waals surface area contributed by atoms with Gasteiger partial charge in [-0.1, -0.05) is 37.6 Å². The van der Waals surface area contributed by atoms with Crippen molar-refractivity contribution in [2.75, 3.05) is 0 Å². The van der Waals surface area contributed by atoms with Crippen LogP contribution in [0.2, 0.25) is 5.02 Å². The van der Waals surface area contributed by atoms with Gasteiger partial charge in [0.05, 0.1) is 5.02 Å². The average Bonchev–Trinajstić information content (AvgIpc) is 2.05. The molecule has 0 aliphatic carbocycles. The SMILES string of the molecule is CC(C)c1cccc(SC(F)(F)F)c1Cl. The maximum Gasteiger partial charge on any atom is 0.446 e. The number of benzene rings is 1. The molecule has 1 aromatic carbocycles. The molecule has 0 bridgehead atoms. The first-order valence-corrected chi connectivity index (χ1v) is 5.55. The Morgan fingerprint density at radius 3 is 2.33 bits per heavy atom. The Hall–Kier alpha value is -0.350. The summed E-state index contributed by atoms with van der Waals surface area (Å²) in [4.78, 5) is 0.0652. The van der Waals surface area contributed by atoms with Crippen LogP contribution in [0.25, 0.3) is 0 Å². The highest BCUT2D eigenvalue weighted by Crippen LogP contribution is 2.42. The molecule has 0 aliphatic heterocycles. The number of thioether (sulfide) groups is 1. The van der Waals surface area contributed by atoms with Gasteiger partial charge in [0.1, 0.15) is 0 Å². The third-order valence-electron chi connectivity index (χ3n) is 1.84. The third kappa shape index (κ3) is 3.61. The molecular formula is C10H10ClF3S. The molecule has 0 heterocycles. The molecule has 0 radical (unpaired) electrons. The van der Waals surface area contributed by atoms with E-state index in [4.69, 9.17) is 11.6 Å². The van der Waals surface area contributed by atoms with E-state index in [0.717, 1.165) is 5.56 Å². The predicted molar refractivity (Wildman–Crippen MR) is 57.5 cm³/mol. The summed E-state index contributed by atoms with van der Waals surface area (Å²) in [7, 11) is 0. The molecule has 0 fully saturated rings. The van der Waals surface area contributed by atoms with Crippen LogP contribution in [-0.2, 0) is 0 Å². The van der Waals surface area contributed by atoms with E-state index in [2.05, 4.69) is 0 Å². The Labute approximate surface area is 95.8 Å². The van der Waals surface area contributed by atoms with Crippen LogP contribution in [-0.4, -0.2) is 5.51 Å². The molecule has 1 rings (SSSR count). The number of hydrogen-bond donors (Lipinski definition) is 0. The van der Waals surface area contributed by atoms with E-state index in [1.807, 2.05) is 13.8 Å². The van der Waals surface area contributed by atoms with Crippen LogP contribution < -0.4 is 0 Å². The van der Waals surface area contributed by atoms with E-state index >= 15 is 0 Å². The van der Waals surface area contributed by atoms with Gasteiger partial charge >= 0.3 is 5.51 Å². The molecule has 0 N–H and O–H groups in total. The summed E-state index contributed by atoms with van der Waals surface area (Å²) in [5, 5.41) is 0.204. The lowest BCUT2D eigenvalue weighted by Crippen LogP contribution is -2.00. The fraction of sp³-hybridized carbons (Fsp3) is 0.400. The quantitative estimate of drug-likeness (QED) is 0.664. The smallest absolute Gasteiger partial charge is 0.160 e. The van der Waals surface area contributed by atoms with Gasteiger partial charge in [0.2, 0.25) is 0 Å². The molecule has 0 aliphatic rings. The Balaban J connectivity index is 3.05. The number of alkyl halides is 3. The molecule has 15 heavy (non-hydrogen) atoms. The van der Waals surface area contributed by atoms with E-state index < -0.39 is 5.51 Å². The lowest BCUT2D eigenvalue weighted by atomic mass is 10.0. The van der Waals surface area contributed by atoms with Crippen molar-refractivity contribution in [3.8, 4) is 0 Å². The van der Waals surface area contributed by atoms with Gasteiger partial charge in [-0.15, -0.1) is 0 Å². The minimum absolute atomic E-state index is 0.0652. The fourth-order valence-electron chi connectivity index (χ4n) is 1.18. The first-order chi connectivity index (χ1) is 6.81. The average molecular weight is 255 g/mol. The van der Waals surface area contributed by atoms with Gasteiger partial charge in [0.25, 0.3) is 0 Å². The summed E-state index contributed by atoms with van der Waals surface area (Å²) in [6.45, 7) is 3.78. The molecule has 0 atom stereocenters. The Morgan fingerprint density at radius 1 is 1.27 bits per heavy atom. The van der Waals surface area contributed by atoms with Gasteiger partial charge in [-0.25, -0.2) is 0 Å². The number of rotatable bonds is 2. The Bertz CT molecular complexity index is 347. The second-order valence-corrected chi connectivity index (χ2v) is 4.85. The topological polar surface area (TPSA) is 0 Å². The predicted octanol–water partition coefficient (Wildman–Crippen LogP) is 5.08. The van der Waals surface area contributed by atoms with E-state index in [-0.39, 0.29) is 27.6 Å². The third-order valence-corrected chi connectivity index (χ3v) is 3.17. The summed E-state index contributed by atoms with van der Waals surface area (Å²) in [5.41, 5.74) is -3.55. The zero-order chi connectivity index (χ0) is 11.6. The highest BCUT2D eigenvalue weighted by Gasteiger charge is 2.30. The monoisotopic (exact) mass is 254 g/mol. The normalized spacial score (nSPS) is 12.2. The molecular weight excluding hydrogens is 245 g/mol. The molecule has 1 aromatic rings. The second-order valence-electron chi connectivity index (χ2n) is 3.36. The first kappa shape index (κ1) is 12.7. The minimum atomic E-state index is -4.29. The standard InChI is InChI=1S/C10H10ClF3S/c1-6(2)7-4-3-5-8(9(7)11)15-10(12,13)14/h3-6H,1-2H3. The van der Waals surface area contributed by atoms with Crippen LogP contribution >= 0.6 is 23.4 Å². The second kappa shape index (κ2) is 4.66. The van der Waals surface area contributed by atoms with Crippen LogP contribution in [0, 0.1) is 0 Å². The van der Waals surface area contributed by atoms with E-state index in [9.17, 15) is 13.2 Å². The summed E-state index contributed by atoms with van der Waals surface area (Å²) < 4.78 is 36.5. The lowest BCUT2D eigenvalue weighted by molar-refractivity contribution is -0.0328. The summed E-state index contributed by atoms with van der Waals surface area (Å²) in [6, 6.07) is 4.72. The van der Waals surface area contributed by atoms with Crippen LogP contribution in [0.3, 0.4) is 0 Å². The Morgan fingerprint density at radius 2 is 1.87 bits per heavy atom. The van der Waals surface area contributed by atoms with E-state index in [1.165, 1.54) is 6.07 Å². The zero-order valence-electron chi connectivity index (χ0n) is 8.23. The first-order valence-electron chi connectivity index (χ1n) is 4.35. The van der Waals surface area contributed by atoms with Crippen molar-refractivity contribution in [2.24, 2.45) is 0 Å². The molecule has 0 saturated heterocycles. The van der Waals surface area contributed by atoms with Gasteiger partial charge in [0, 0.05) is 4.90 Å². The fourth-order valence-corrected chi connectivity index (χ4v) is 2.24. The molecule has 0 saturated carbocycles. The maximum atomic E-state index is 12.2. The van der Waals surface area contributed by atoms with Crippen molar-refractivity contribution in [3.63, 3.8) is 0 Å². The summed E-state index contributed by atoms with van der Waals surface area (Å²) >= 11 is 5.72. The molecule has 0 unspecified atom stereocenters. The van der Waals surface area contributed by atoms with Crippen LogP contribution in [0.5, 0.6) is 0 Å². The number of hydrogen-bond acceptors (Lipinski definition) is 1. The van der Waals surface area contributed by atoms with Crippen LogP contribution in [0.1, 0.15) is 25.3 Å². The van der Waals surface area contributed by atoms with Gasteiger partial charge in [-0.2, -0.15) is 13.2 Å². The molecule has 5 heteroatoms. The van der Waals surface area contributed by atoms with Gasteiger partial charge in [0.15, 0.2) is 0 Å². The van der Waals surface area contributed by atoms with Crippen molar-refractivity contribution >= 4 is 23.4 Å². The molecule has 0 spiro atoms. The molecule has 0 aromatic heterocycles. The van der Waals surface area contributed by atoms with Crippen molar-refractivity contribution < 1.29 is 13.2 Å². The van der Waals surface area contributed by atoms with Gasteiger partial charge in [-0.05, 0) is 29.3 Å². The molecule has 0 nitrogen and oxygen atoms in total. The molecule has 84 valence electrons. The maximum absolute atomic E-state index is 12.2. The van der Waals surface area contributed by atoms with Crippen molar-refractivity contribution in [2.45, 2.75) is 30.2 Å². The van der Waals surface area contributed by atoms with Crippen LogP contribution in [0.15, 0.2) is 23.1 Å². The zero-order valence-corrected chi connectivity index (χ0v) is 9.80. The minimum Gasteiger partial charge on any atom is -0.160 e.